The zero-order valence-electron chi connectivity index (χ0n) is 21.2. The Bertz CT molecular complexity index is 1260. The van der Waals surface area contributed by atoms with Gasteiger partial charge in [-0.1, -0.05) is 31.5 Å². The second-order valence-corrected chi connectivity index (χ2v) is 10.9. The van der Waals surface area contributed by atoms with Gasteiger partial charge in [0.2, 0.25) is 5.91 Å². The molecule has 0 saturated carbocycles. The average Bonchev–Trinajstić information content (AvgIpc) is 3.19. The number of carbonyl (C=O) groups is 2. The minimum atomic E-state index is -0.677. The summed E-state index contributed by atoms with van der Waals surface area (Å²) < 4.78 is 5.87. The molecule has 0 aromatic heterocycles. The van der Waals surface area contributed by atoms with Crippen molar-refractivity contribution in [2.24, 2.45) is 0 Å². The Balaban J connectivity index is 1.41. The molecule has 0 unspecified atom stereocenters. The highest BCUT2D eigenvalue weighted by Gasteiger charge is 2.44. The molecule has 194 valence electrons. The zero-order valence-corrected chi connectivity index (χ0v) is 21.2. The van der Waals surface area contributed by atoms with Crippen LogP contribution in [0.15, 0.2) is 36.4 Å². The van der Waals surface area contributed by atoms with Crippen LogP contribution in [0, 0.1) is 5.41 Å². The first kappa shape index (κ1) is 24.0. The predicted octanol–water partition coefficient (Wildman–Crippen LogP) is 3.53. The van der Waals surface area contributed by atoms with Crippen LogP contribution in [0.1, 0.15) is 90.1 Å². The van der Waals surface area contributed by atoms with E-state index in [1.54, 1.807) is 23.1 Å². The van der Waals surface area contributed by atoms with Crippen LogP contribution in [0.5, 0.6) is 5.75 Å². The number of carbonyl (C=O) groups excluding carboxylic acids is 2. The van der Waals surface area contributed by atoms with E-state index in [0.29, 0.717) is 37.2 Å². The van der Waals surface area contributed by atoms with Crippen LogP contribution in [0.3, 0.4) is 0 Å². The van der Waals surface area contributed by atoms with E-state index in [2.05, 4.69) is 35.8 Å². The number of guanidine groups is 1. The molecule has 4 atom stereocenters. The normalized spacial score (nSPS) is 29.2. The van der Waals surface area contributed by atoms with Crippen molar-refractivity contribution in [3.63, 3.8) is 0 Å². The second kappa shape index (κ2) is 9.17. The van der Waals surface area contributed by atoms with Crippen molar-refractivity contribution in [2.75, 3.05) is 6.61 Å². The van der Waals surface area contributed by atoms with Gasteiger partial charge in [-0.3, -0.25) is 19.9 Å². The second-order valence-electron chi connectivity index (χ2n) is 10.9. The summed E-state index contributed by atoms with van der Waals surface area (Å²) in [7, 11) is 0. The molecular formula is C29H34N4O4. The number of rotatable bonds is 1. The van der Waals surface area contributed by atoms with Gasteiger partial charge in [0.05, 0.1) is 31.2 Å². The van der Waals surface area contributed by atoms with Crippen LogP contribution in [-0.4, -0.2) is 46.0 Å². The third-order valence-electron chi connectivity index (χ3n) is 8.67. The number of aryl methyl sites for hydroxylation is 1. The molecule has 5 aliphatic rings. The maximum Gasteiger partial charge on any atom is 0.251 e. The Kier molecular flexibility index (Phi) is 5.94. The number of fused-ring (bicyclic) bond motifs is 6. The molecule has 0 radical (unpaired) electrons. The van der Waals surface area contributed by atoms with Crippen molar-refractivity contribution >= 4 is 17.8 Å². The fourth-order valence-electron chi connectivity index (χ4n) is 6.53. The van der Waals surface area contributed by atoms with E-state index in [9.17, 15) is 14.7 Å². The van der Waals surface area contributed by atoms with Gasteiger partial charge >= 0.3 is 0 Å². The zero-order chi connectivity index (χ0) is 25.7. The van der Waals surface area contributed by atoms with Crippen LogP contribution in [0.25, 0.3) is 0 Å². The van der Waals surface area contributed by atoms with Gasteiger partial charge in [-0.15, -0.1) is 0 Å². The van der Waals surface area contributed by atoms with Crippen molar-refractivity contribution in [1.29, 1.82) is 5.41 Å². The summed E-state index contributed by atoms with van der Waals surface area (Å²) in [6.45, 7) is 2.52. The van der Waals surface area contributed by atoms with Gasteiger partial charge in [-0.2, -0.15) is 0 Å². The van der Waals surface area contributed by atoms with Gasteiger partial charge in [0.1, 0.15) is 5.75 Å². The number of hydrogen-bond acceptors (Lipinski definition) is 5. The quantitative estimate of drug-likeness (QED) is 0.476. The summed E-state index contributed by atoms with van der Waals surface area (Å²) >= 11 is 0. The molecule has 2 amide bonds. The van der Waals surface area contributed by atoms with Gasteiger partial charge in [-0.05, 0) is 60.6 Å². The molecule has 8 heteroatoms. The van der Waals surface area contributed by atoms with Crippen molar-refractivity contribution < 1.29 is 19.4 Å². The molecule has 8 nitrogen and oxygen atoms in total. The first-order valence-electron chi connectivity index (χ1n) is 13.4. The van der Waals surface area contributed by atoms with E-state index in [-0.39, 0.29) is 23.8 Å². The lowest BCUT2D eigenvalue weighted by Gasteiger charge is -2.46. The third-order valence-corrected chi connectivity index (χ3v) is 8.67. The summed E-state index contributed by atoms with van der Waals surface area (Å²) in [5.74, 6) is 0.416. The molecule has 37 heavy (non-hydrogen) atoms. The molecule has 2 aromatic carbocycles. The van der Waals surface area contributed by atoms with Crippen LogP contribution in [0.4, 0.5) is 0 Å². The first-order chi connectivity index (χ1) is 17.9. The van der Waals surface area contributed by atoms with E-state index in [1.165, 1.54) is 5.56 Å². The number of hydrogen-bond donors (Lipinski definition) is 4. The number of nitrogens with one attached hydrogen (secondary N) is 3. The van der Waals surface area contributed by atoms with Crippen molar-refractivity contribution in [3.05, 3.63) is 64.2 Å². The lowest BCUT2D eigenvalue weighted by molar-refractivity contribution is -0.133. The van der Waals surface area contributed by atoms with Gasteiger partial charge in [-0.25, -0.2) is 0 Å². The highest BCUT2D eigenvalue weighted by Crippen LogP contribution is 2.40. The van der Waals surface area contributed by atoms with Crippen LogP contribution >= 0.6 is 0 Å². The molecule has 7 rings (SSSR count). The molecule has 6 bridgehead atoms. The fourth-order valence-corrected chi connectivity index (χ4v) is 6.53. The Hall–Kier alpha value is -3.39. The minimum absolute atomic E-state index is 0.0614. The third kappa shape index (κ3) is 4.17. The lowest BCUT2D eigenvalue weighted by Crippen LogP contribution is -2.63. The topological polar surface area (TPSA) is 115 Å². The van der Waals surface area contributed by atoms with Crippen LogP contribution in [-0.2, 0) is 17.6 Å². The van der Waals surface area contributed by atoms with E-state index in [1.807, 2.05) is 0 Å². The monoisotopic (exact) mass is 502 g/mol. The van der Waals surface area contributed by atoms with E-state index < -0.39 is 17.7 Å². The molecule has 4 N–H and O–H groups in total. The Morgan fingerprint density at radius 1 is 1.16 bits per heavy atom. The summed E-state index contributed by atoms with van der Waals surface area (Å²) in [5.41, 5.74) is 4.01. The molecule has 0 spiro atoms. The molecule has 1 fully saturated rings. The maximum atomic E-state index is 13.5. The highest BCUT2D eigenvalue weighted by molar-refractivity contribution is 6.00. The number of aliphatic hydroxyl groups is 1. The van der Waals surface area contributed by atoms with Gasteiger partial charge < -0.3 is 20.5 Å². The molecule has 1 saturated heterocycles. The summed E-state index contributed by atoms with van der Waals surface area (Å²) in [6, 6.07) is 10.7. The number of aliphatic hydroxyl groups excluding tert-OH is 1. The van der Waals surface area contributed by atoms with Gasteiger partial charge in [0.15, 0.2) is 5.96 Å². The van der Waals surface area contributed by atoms with E-state index >= 15 is 0 Å². The molecular weight excluding hydrogens is 468 g/mol. The van der Waals surface area contributed by atoms with Crippen LogP contribution < -0.4 is 15.4 Å². The minimum Gasteiger partial charge on any atom is -0.493 e. The summed E-state index contributed by atoms with van der Waals surface area (Å²) in [5, 5.41) is 26.1. The molecule has 4 heterocycles. The number of benzene rings is 2. The Labute approximate surface area is 216 Å². The standard InChI is InChI=1S/C29H34N4O4/c1-2-29-11-4-3-5-17-6-7-18-15-23(34)26(20(18)13-17)31-27(36)19-8-9-24-21(14-19)22(10-12-37-24)33(25(35)16-29)28(30)32-29/h6-9,13-14,22-23,26,34H,2-5,10-12,15-16H2,1H3,(H2,30,32)(H,31,36)/t22-,23-,26-,29-/m1/s1. The first-order valence-corrected chi connectivity index (χ1v) is 13.4. The smallest absolute Gasteiger partial charge is 0.251 e. The molecule has 1 aliphatic carbocycles. The number of amides is 2. The highest BCUT2D eigenvalue weighted by atomic mass is 16.5. The maximum absolute atomic E-state index is 13.5. The van der Waals surface area contributed by atoms with Crippen molar-refractivity contribution in [1.82, 2.24) is 15.5 Å². The Morgan fingerprint density at radius 2 is 2.03 bits per heavy atom. The van der Waals surface area contributed by atoms with E-state index in [4.69, 9.17) is 10.1 Å². The molecule has 2 aromatic rings. The largest absolute Gasteiger partial charge is 0.493 e. The predicted molar refractivity (Wildman–Crippen MR) is 139 cm³/mol. The Morgan fingerprint density at radius 3 is 2.84 bits per heavy atom. The van der Waals surface area contributed by atoms with Gasteiger partial charge in [0, 0.05) is 29.5 Å². The van der Waals surface area contributed by atoms with E-state index in [0.717, 1.165) is 48.8 Å². The lowest BCUT2D eigenvalue weighted by atomic mass is 9.83. The number of nitrogens with zero attached hydrogens (tertiary/aromatic N) is 1. The summed E-state index contributed by atoms with van der Waals surface area (Å²) in [4.78, 5) is 28.5. The summed E-state index contributed by atoms with van der Waals surface area (Å²) in [6.07, 6.45) is 5.10. The SMILES string of the molecule is CC[C@]12CCCCc3ccc4c(c3)[C@@H](NC(=O)c3ccc5c(c3)[C@@H](CCO5)N(C(=N)N1)C(=O)C2)[C@H](O)C4. The van der Waals surface area contributed by atoms with Gasteiger partial charge in [0.25, 0.3) is 5.91 Å². The van der Waals surface area contributed by atoms with Crippen molar-refractivity contribution in [2.45, 2.75) is 82.0 Å². The number of ether oxygens (including phenoxy) is 1. The molecule has 4 aliphatic heterocycles. The fraction of sp³-hybridized carbons (Fsp3) is 0.483. The average molecular weight is 503 g/mol. The van der Waals surface area contributed by atoms with Crippen molar-refractivity contribution in [3.8, 4) is 5.75 Å². The van der Waals surface area contributed by atoms with Crippen LogP contribution in [0.2, 0.25) is 0 Å².